The van der Waals surface area contributed by atoms with Gasteiger partial charge in [-0.1, -0.05) is 146 Å². The molecule has 11 rings (SSSR count). The lowest BCUT2D eigenvalue weighted by Crippen LogP contribution is -2.10. The van der Waals surface area contributed by atoms with E-state index in [0.29, 0.717) is 0 Å². The molecule has 0 amide bonds. The van der Waals surface area contributed by atoms with Crippen molar-refractivity contribution in [3.63, 3.8) is 0 Å². The van der Waals surface area contributed by atoms with Gasteiger partial charge in [-0.2, -0.15) is 0 Å². The standard InChI is InChI=1S/C54H37N3/c1-4-15-38(16-5-1)39-27-30-44(31-28-39)55(46-32-34-50-48-24-11-13-26-52(48)57(54(50)37-46)43-20-8-3-9-21-43)45-22-14-17-40(35-45)41-29-33-49-47-23-10-12-25-51(47)56(53(49)36-41)42-18-6-2-7-19-42/h1-37H. The van der Waals surface area contributed by atoms with Gasteiger partial charge in [-0.25, -0.2) is 0 Å². The zero-order chi connectivity index (χ0) is 37.7. The van der Waals surface area contributed by atoms with Crippen LogP contribution in [0.25, 0.3) is 77.2 Å². The molecule has 0 spiro atoms. The molecule has 0 aliphatic rings. The molecule has 0 unspecified atom stereocenters. The number of nitrogens with zero attached hydrogens (tertiary/aromatic N) is 3. The summed E-state index contributed by atoms with van der Waals surface area (Å²) in [5.41, 5.74) is 15.0. The molecule has 2 aromatic heterocycles. The van der Waals surface area contributed by atoms with Gasteiger partial charge in [0.05, 0.1) is 22.1 Å². The van der Waals surface area contributed by atoms with E-state index in [2.05, 4.69) is 238 Å². The Morgan fingerprint density at radius 3 is 1.30 bits per heavy atom. The lowest BCUT2D eigenvalue weighted by atomic mass is 10.0. The zero-order valence-electron chi connectivity index (χ0n) is 31.2. The van der Waals surface area contributed by atoms with Crippen molar-refractivity contribution in [2.75, 3.05) is 4.90 Å². The summed E-state index contributed by atoms with van der Waals surface area (Å²) in [5, 5.41) is 4.97. The summed E-state index contributed by atoms with van der Waals surface area (Å²) in [7, 11) is 0. The van der Waals surface area contributed by atoms with Gasteiger partial charge in [0.2, 0.25) is 0 Å². The maximum Gasteiger partial charge on any atom is 0.0561 e. The Morgan fingerprint density at radius 1 is 0.246 bits per heavy atom. The van der Waals surface area contributed by atoms with Gasteiger partial charge in [0, 0.05) is 50.0 Å². The second kappa shape index (κ2) is 13.6. The number of para-hydroxylation sites is 4. The molecule has 0 saturated heterocycles. The molecule has 11 aromatic rings. The fourth-order valence-corrected chi connectivity index (χ4v) is 8.66. The summed E-state index contributed by atoms with van der Waals surface area (Å²) in [5.74, 6) is 0. The molecule has 3 heteroatoms. The third-order valence-corrected chi connectivity index (χ3v) is 11.3. The minimum absolute atomic E-state index is 1.09. The molecule has 2 heterocycles. The fraction of sp³-hybridized carbons (Fsp3) is 0. The number of hydrogen-bond donors (Lipinski definition) is 0. The van der Waals surface area contributed by atoms with Crippen molar-refractivity contribution in [3.8, 4) is 33.6 Å². The Morgan fingerprint density at radius 2 is 0.667 bits per heavy atom. The molecule has 9 aromatic carbocycles. The summed E-state index contributed by atoms with van der Waals surface area (Å²) in [6, 6.07) is 81.1. The van der Waals surface area contributed by atoms with Crippen LogP contribution >= 0.6 is 0 Å². The molecule has 0 aliphatic heterocycles. The first-order chi connectivity index (χ1) is 28.3. The Hall–Kier alpha value is -7.62. The second-order valence-corrected chi connectivity index (χ2v) is 14.6. The Bertz CT molecular complexity index is 3210. The summed E-state index contributed by atoms with van der Waals surface area (Å²) in [6.07, 6.45) is 0. The van der Waals surface area contributed by atoms with Crippen molar-refractivity contribution in [1.82, 2.24) is 9.13 Å². The van der Waals surface area contributed by atoms with Crippen molar-refractivity contribution >= 4 is 60.7 Å². The van der Waals surface area contributed by atoms with Crippen LogP contribution in [0.4, 0.5) is 17.1 Å². The third kappa shape index (κ3) is 5.60. The smallest absolute Gasteiger partial charge is 0.0561 e. The van der Waals surface area contributed by atoms with Crippen LogP contribution < -0.4 is 4.90 Å². The Kier molecular flexibility index (Phi) is 7.82. The van der Waals surface area contributed by atoms with Crippen LogP contribution in [0.3, 0.4) is 0 Å². The van der Waals surface area contributed by atoms with Crippen LogP contribution in [0.2, 0.25) is 0 Å². The first-order valence-electron chi connectivity index (χ1n) is 19.5. The van der Waals surface area contributed by atoms with Crippen molar-refractivity contribution in [1.29, 1.82) is 0 Å². The molecule has 0 bridgehead atoms. The van der Waals surface area contributed by atoms with Crippen molar-refractivity contribution in [3.05, 3.63) is 224 Å². The quantitative estimate of drug-likeness (QED) is 0.159. The molecule has 57 heavy (non-hydrogen) atoms. The van der Waals surface area contributed by atoms with Gasteiger partial charge in [-0.3, -0.25) is 0 Å². The first kappa shape index (κ1) is 32.8. The SMILES string of the molecule is c1ccc(-c2ccc(N(c3cccc(-c4ccc5c6ccccc6n(-c6ccccc6)c5c4)c3)c3ccc4c5ccccc5n(-c5ccccc5)c4c3)cc2)cc1. The van der Waals surface area contributed by atoms with Gasteiger partial charge in [0.15, 0.2) is 0 Å². The average molecular weight is 728 g/mol. The highest BCUT2D eigenvalue weighted by Crippen LogP contribution is 2.42. The molecule has 268 valence electrons. The van der Waals surface area contributed by atoms with E-state index in [1.165, 1.54) is 60.3 Å². The largest absolute Gasteiger partial charge is 0.310 e. The van der Waals surface area contributed by atoms with Crippen LogP contribution in [0.1, 0.15) is 0 Å². The number of benzene rings is 9. The topological polar surface area (TPSA) is 13.1 Å². The molecule has 0 saturated carbocycles. The van der Waals surface area contributed by atoms with E-state index in [0.717, 1.165) is 34.0 Å². The summed E-state index contributed by atoms with van der Waals surface area (Å²) in [4.78, 5) is 2.39. The Balaban J connectivity index is 1.10. The van der Waals surface area contributed by atoms with E-state index in [1.54, 1.807) is 0 Å². The maximum absolute atomic E-state index is 2.39. The van der Waals surface area contributed by atoms with Crippen LogP contribution in [0.5, 0.6) is 0 Å². The molecule has 0 N–H and O–H groups in total. The van der Waals surface area contributed by atoms with E-state index in [-0.39, 0.29) is 0 Å². The van der Waals surface area contributed by atoms with Crippen LogP contribution in [-0.2, 0) is 0 Å². The molecule has 3 nitrogen and oxygen atoms in total. The second-order valence-electron chi connectivity index (χ2n) is 14.6. The minimum Gasteiger partial charge on any atom is -0.310 e. The number of aromatic nitrogens is 2. The summed E-state index contributed by atoms with van der Waals surface area (Å²) >= 11 is 0. The van der Waals surface area contributed by atoms with Crippen LogP contribution in [0, 0.1) is 0 Å². The molecule has 0 atom stereocenters. The van der Waals surface area contributed by atoms with Gasteiger partial charge < -0.3 is 14.0 Å². The summed E-state index contributed by atoms with van der Waals surface area (Å²) in [6.45, 7) is 0. The highest BCUT2D eigenvalue weighted by atomic mass is 15.1. The zero-order valence-corrected chi connectivity index (χ0v) is 31.2. The van der Waals surface area contributed by atoms with Gasteiger partial charge in [-0.05, 0) is 101 Å². The van der Waals surface area contributed by atoms with Crippen LogP contribution in [0.15, 0.2) is 224 Å². The predicted molar refractivity (Wildman–Crippen MR) is 241 cm³/mol. The third-order valence-electron chi connectivity index (χ3n) is 11.3. The average Bonchev–Trinajstić information content (AvgIpc) is 3.80. The van der Waals surface area contributed by atoms with E-state index >= 15 is 0 Å². The molecular formula is C54H37N3. The highest BCUT2D eigenvalue weighted by molar-refractivity contribution is 6.11. The predicted octanol–water partition coefficient (Wildman–Crippen LogP) is 14.7. The van der Waals surface area contributed by atoms with Crippen molar-refractivity contribution in [2.24, 2.45) is 0 Å². The number of hydrogen-bond acceptors (Lipinski definition) is 1. The van der Waals surface area contributed by atoms with Crippen molar-refractivity contribution in [2.45, 2.75) is 0 Å². The highest BCUT2D eigenvalue weighted by Gasteiger charge is 2.19. The van der Waals surface area contributed by atoms with E-state index in [4.69, 9.17) is 0 Å². The van der Waals surface area contributed by atoms with Gasteiger partial charge >= 0.3 is 0 Å². The minimum atomic E-state index is 1.09. The fourth-order valence-electron chi connectivity index (χ4n) is 8.66. The molecule has 0 aliphatic carbocycles. The lowest BCUT2D eigenvalue weighted by Gasteiger charge is -2.26. The number of rotatable bonds is 7. The molecule has 0 radical (unpaired) electrons. The van der Waals surface area contributed by atoms with Crippen molar-refractivity contribution < 1.29 is 0 Å². The maximum atomic E-state index is 2.39. The monoisotopic (exact) mass is 727 g/mol. The number of fused-ring (bicyclic) bond motifs is 6. The van der Waals surface area contributed by atoms with Crippen LogP contribution in [-0.4, -0.2) is 9.13 Å². The van der Waals surface area contributed by atoms with E-state index in [1.807, 2.05) is 0 Å². The van der Waals surface area contributed by atoms with Gasteiger partial charge in [-0.15, -0.1) is 0 Å². The van der Waals surface area contributed by atoms with E-state index in [9.17, 15) is 0 Å². The molecular weight excluding hydrogens is 691 g/mol. The van der Waals surface area contributed by atoms with E-state index < -0.39 is 0 Å². The van der Waals surface area contributed by atoms with Gasteiger partial charge in [0.1, 0.15) is 0 Å². The first-order valence-corrected chi connectivity index (χ1v) is 19.5. The van der Waals surface area contributed by atoms with Gasteiger partial charge in [0.25, 0.3) is 0 Å². The summed E-state index contributed by atoms with van der Waals surface area (Å²) < 4.78 is 4.78. The Labute approximate surface area is 331 Å². The molecule has 0 fully saturated rings. The lowest BCUT2D eigenvalue weighted by molar-refractivity contribution is 1.18. The normalized spacial score (nSPS) is 11.5. The number of anilines is 3.